The van der Waals surface area contributed by atoms with Gasteiger partial charge >= 0.3 is 17.9 Å². The van der Waals surface area contributed by atoms with Crippen LogP contribution >= 0.6 is 0 Å². The van der Waals surface area contributed by atoms with Crippen LogP contribution in [0.3, 0.4) is 0 Å². The van der Waals surface area contributed by atoms with Gasteiger partial charge in [-0.3, -0.25) is 14.4 Å². The van der Waals surface area contributed by atoms with Crippen LogP contribution in [0.1, 0.15) is 252 Å². The van der Waals surface area contributed by atoms with Crippen molar-refractivity contribution in [1.29, 1.82) is 0 Å². The molecule has 6 nitrogen and oxygen atoms in total. The Morgan fingerprint density at radius 3 is 1.15 bits per heavy atom. The Kier molecular flexibility index (Phi) is 50.4. The first-order valence-electron chi connectivity index (χ1n) is 27.1. The molecule has 0 rings (SSSR count). The fraction of sp³-hybridized carbons (Fsp3) is 0.712. The number of hydrogen-bond donors (Lipinski definition) is 0. The number of hydrogen-bond acceptors (Lipinski definition) is 6. The molecule has 0 aromatic carbocycles. The lowest BCUT2D eigenvalue weighted by Crippen LogP contribution is -2.30. The second-order valence-electron chi connectivity index (χ2n) is 17.8. The Bertz CT molecular complexity index is 1270. The van der Waals surface area contributed by atoms with Gasteiger partial charge in [0.1, 0.15) is 13.2 Å². The van der Waals surface area contributed by atoms with Gasteiger partial charge in [0.25, 0.3) is 0 Å². The highest BCUT2D eigenvalue weighted by Gasteiger charge is 2.19. The Hall–Kier alpha value is -3.41. The second kappa shape index (κ2) is 53.2. The average molecular weight is 905 g/mol. The van der Waals surface area contributed by atoms with E-state index in [4.69, 9.17) is 14.2 Å². The summed E-state index contributed by atoms with van der Waals surface area (Å²) in [5, 5.41) is 0. The Morgan fingerprint density at radius 2 is 0.677 bits per heavy atom. The zero-order chi connectivity index (χ0) is 47.2. The standard InChI is InChI=1S/C59H100O6/c1-4-7-10-13-16-19-22-25-28-29-32-34-37-40-43-46-49-52-58(61)64-55-56(65-59(62)53-50-47-44-41-38-35-31-27-24-21-18-15-12-9-6-3)54-63-57(60)51-48-45-42-39-36-33-30-26-23-20-17-14-11-8-5-2/h9,12,15-16,18-19,21,24-25,28,32,34,40,43,56H,4-8,10-11,13-14,17,20,22-23,26-27,29-31,33,35-39,41-42,44-55H2,1-3H3/b12-9-,18-15-,19-16-,24-21-,28-25-,34-32-,43-40-. The molecule has 1 atom stereocenters. The fourth-order valence-electron chi connectivity index (χ4n) is 7.38. The molecule has 0 spiro atoms. The van der Waals surface area contributed by atoms with Gasteiger partial charge in [-0.15, -0.1) is 0 Å². The van der Waals surface area contributed by atoms with E-state index in [0.717, 1.165) is 83.5 Å². The average Bonchev–Trinajstić information content (AvgIpc) is 3.30. The second-order valence-corrected chi connectivity index (χ2v) is 17.8. The third-order valence-electron chi connectivity index (χ3n) is 11.4. The molecular formula is C59H100O6. The molecule has 6 heteroatoms. The van der Waals surface area contributed by atoms with Crippen LogP contribution in [0.15, 0.2) is 85.1 Å². The van der Waals surface area contributed by atoms with E-state index in [2.05, 4.69) is 106 Å². The third-order valence-corrected chi connectivity index (χ3v) is 11.4. The van der Waals surface area contributed by atoms with Crippen molar-refractivity contribution in [3.8, 4) is 0 Å². The lowest BCUT2D eigenvalue weighted by Gasteiger charge is -2.18. The molecule has 0 saturated heterocycles. The van der Waals surface area contributed by atoms with E-state index in [1.807, 2.05) is 0 Å². The molecule has 0 heterocycles. The van der Waals surface area contributed by atoms with Crippen molar-refractivity contribution in [3.63, 3.8) is 0 Å². The Balaban J connectivity index is 4.48. The van der Waals surface area contributed by atoms with Gasteiger partial charge in [0.15, 0.2) is 6.10 Å². The number of allylic oxidation sites excluding steroid dienone is 14. The Morgan fingerprint density at radius 1 is 0.338 bits per heavy atom. The molecule has 0 radical (unpaired) electrons. The van der Waals surface area contributed by atoms with Crippen LogP contribution in [-0.2, 0) is 28.6 Å². The van der Waals surface area contributed by atoms with Crippen LogP contribution in [0.25, 0.3) is 0 Å². The molecule has 0 aliphatic rings. The molecule has 0 aliphatic carbocycles. The molecule has 0 aliphatic heterocycles. The lowest BCUT2D eigenvalue weighted by atomic mass is 10.0. The van der Waals surface area contributed by atoms with E-state index < -0.39 is 6.10 Å². The van der Waals surface area contributed by atoms with Gasteiger partial charge in [-0.25, -0.2) is 0 Å². The summed E-state index contributed by atoms with van der Waals surface area (Å²) in [6, 6.07) is 0. The largest absolute Gasteiger partial charge is 0.462 e. The van der Waals surface area contributed by atoms with Crippen LogP contribution in [0, 0.1) is 0 Å². The molecule has 1 unspecified atom stereocenters. The summed E-state index contributed by atoms with van der Waals surface area (Å²) in [5.41, 5.74) is 0. The van der Waals surface area contributed by atoms with Crippen molar-refractivity contribution in [2.24, 2.45) is 0 Å². The van der Waals surface area contributed by atoms with Crippen molar-refractivity contribution in [3.05, 3.63) is 85.1 Å². The van der Waals surface area contributed by atoms with Gasteiger partial charge in [0.05, 0.1) is 0 Å². The zero-order valence-electron chi connectivity index (χ0n) is 42.5. The smallest absolute Gasteiger partial charge is 0.306 e. The van der Waals surface area contributed by atoms with Crippen molar-refractivity contribution in [2.75, 3.05) is 13.2 Å². The zero-order valence-corrected chi connectivity index (χ0v) is 42.5. The maximum absolute atomic E-state index is 12.8. The normalized spacial score (nSPS) is 12.7. The fourth-order valence-corrected chi connectivity index (χ4v) is 7.38. The van der Waals surface area contributed by atoms with E-state index >= 15 is 0 Å². The van der Waals surface area contributed by atoms with Crippen LogP contribution in [0.5, 0.6) is 0 Å². The quantitative estimate of drug-likeness (QED) is 0.0199. The predicted molar refractivity (Wildman–Crippen MR) is 279 cm³/mol. The van der Waals surface area contributed by atoms with Crippen LogP contribution < -0.4 is 0 Å². The summed E-state index contributed by atoms with van der Waals surface area (Å²) in [4.78, 5) is 38.0. The number of ether oxygens (including phenoxy) is 3. The molecule has 0 saturated carbocycles. The molecule has 0 fully saturated rings. The maximum Gasteiger partial charge on any atom is 0.306 e. The summed E-state index contributed by atoms with van der Waals surface area (Å²) in [7, 11) is 0. The van der Waals surface area contributed by atoms with Crippen molar-refractivity contribution in [1.82, 2.24) is 0 Å². The third kappa shape index (κ3) is 51.4. The van der Waals surface area contributed by atoms with Crippen molar-refractivity contribution in [2.45, 2.75) is 258 Å². The van der Waals surface area contributed by atoms with Gasteiger partial charge in [0.2, 0.25) is 0 Å². The van der Waals surface area contributed by atoms with Crippen LogP contribution in [0.2, 0.25) is 0 Å². The highest BCUT2D eigenvalue weighted by atomic mass is 16.6. The minimum Gasteiger partial charge on any atom is -0.462 e. The SMILES string of the molecule is CC\C=C/C=C\C=C/CCCCCCCCCC(=O)OC(COC(=O)CCC/C=C\C/C=C\C/C=C\C/C=C\CCCCC)COC(=O)CCCCCCCCCCCCCCCCC. The highest BCUT2D eigenvalue weighted by Crippen LogP contribution is 2.15. The summed E-state index contributed by atoms with van der Waals surface area (Å²) in [5.74, 6) is -0.964. The molecule has 372 valence electrons. The van der Waals surface area contributed by atoms with Crippen LogP contribution in [-0.4, -0.2) is 37.2 Å². The topological polar surface area (TPSA) is 78.9 Å². The number of carbonyl (C=O) groups excluding carboxylic acids is 3. The first kappa shape index (κ1) is 61.6. The summed E-state index contributed by atoms with van der Waals surface area (Å²) in [6.07, 6.45) is 68.5. The van der Waals surface area contributed by atoms with Gasteiger partial charge in [-0.2, -0.15) is 0 Å². The molecule has 0 aromatic heterocycles. The minimum absolute atomic E-state index is 0.0970. The lowest BCUT2D eigenvalue weighted by molar-refractivity contribution is -0.167. The van der Waals surface area contributed by atoms with E-state index in [1.165, 1.54) is 122 Å². The number of rotatable bonds is 48. The molecule has 65 heavy (non-hydrogen) atoms. The minimum atomic E-state index is -0.803. The molecule has 0 aromatic rings. The van der Waals surface area contributed by atoms with Crippen molar-refractivity contribution >= 4 is 17.9 Å². The van der Waals surface area contributed by atoms with E-state index in [9.17, 15) is 14.4 Å². The number of esters is 3. The van der Waals surface area contributed by atoms with Gasteiger partial charge in [0, 0.05) is 19.3 Å². The summed E-state index contributed by atoms with van der Waals surface area (Å²) < 4.78 is 16.8. The number of unbranched alkanes of at least 4 members (excludes halogenated alkanes) is 25. The first-order valence-corrected chi connectivity index (χ1v) is 27.1. The van der Waals surface area contributed by atoms with Crippen LogP contribution in [0.4, 0.5) is 0 Å². The highest BCUT2D eigenvalue weighted by molar-refractivity contribution is 5.71. The monoisotopic (exact) mass is 905 g/mol. The van der Waals surface area contributed by atoms with E-state index in [1.54, 1.807) is 0 Å². The van der Waals surface area contributed by atoms with E-state index in [-0.39, 0.29) is 37.5 Å². The van der Waals surface area contributed by atoms with Gasteiger partial charge in [-0.1, -0.05) is 241 Å². The molecule has 0 amide bonds. The molecule has 0 bridgehead atoms. The molecular weight excluding hydrogens is 805 g/mol. The van der Waals surface area contributed by atoms with Gasteiger partial charge < -0.3 is 14.2 Å². The predicted octanol–water partition coefficient (Wildman–Crippen LogP) is 18.0. The summed E-state index contributed by atoms with van der Waals surface area (Å²) >= 11 is 0. The summed E-state index contributed by atoms with van der Waals surface area (Å²) in [6.45, 7) is 6.43. The maximum atomic E-state index is 12.8. The first-order chi connectivity index (χ1) is 32.0. The Labute approximate surface area is 401 Å². The van der Waals surface area contributed by atoms with E-state index in [0.29, 0.717) is 19.3 Å². The number of carbonyl (C=O) groups is 3. The van der Waals surface area contributed by atoms with Crippen molar-refractivity contribution < 1.29 is 28.6 Å². The molecule has 0 N–H and O–H groups in total. The van der Waals surface area contributed by atoms with Gasteiger partial charge in [-0.05, 0) is 77.0 Å².